The zero-order valence-corrected chi connectivity index (χ0v) is 13.0. The summed E-state index contributed by atoms with van der Waals surface area (Å²) in [4.78, 5) is 24.1. The molecule has 5 nitrogen and oxygen atoms in total. The van der Waals surface area contributed by atoms with E-state index >= 15 is 0 Å². The monoisotopic (exact) mass is 329 g/mol. The average molecular weight is 329 g/mol. The molecule has 23 heavy (non-hydrogen) atoms. The number of benzene rings is 2. The van der Waals surface area contributed by atoms with Crippen LogP contribution in [0.2, 0.25) is 0 Å². The second kappa shape index (κ2) is 5.96. The Morgan fingerprint density at radius 3 is 2.04 bits per heavy atom. The first-order valence-corrected chi connectivity index (χ1v) is 8.72. The van der Waals surface area contributed by atoms with Crippen molar-refractivity contribution in [2.45, 2.75) is 22.5 Å². The van der Waals surface area contributed by atoms with Crippen molar-refractivity contribution in [2.24, 2.45) is 0 Å². The summed E-state index contributed by atoms with van der Waals surface area (Å²) in [5.41, 5.74) is 0.667. The van der Waals surface area contributed by atoms with Crippen LogP contribution in [0.15, 0.2) is 65.6 Å². The van der Waals surface area contributed by atoms with Gasteiger partial charge in [0.1, 0.15) is 0 Å². The highest BCUT2D eigenvalue weighted by molar-refractivity contribution is 7.92. The zero-order chi connectivity index (χ0) is 16.4. The molecule has 6 heteroatoms. The quantitative estimate of drug-likeness (QED) is 0.869. The number of hydrogen-bond acceptors (Lipinski definition) is 4. The van der Waals surface area contributed by atoms with Gasteiger partial charge in [-0.3, -0.25) is 14.9 Å². The molecule has 1 saturated heterocycles. The Hall–Kier alpha value is -2.47. The fourth-order valence-corrected chi connectivity index (χ4v) is 4.71. The Morgan fingerprint density at radius 2 is 1.43 bits per heavy atom. The standard InChI is InChI=1S/C17H15NO4S/c19-15-11-14(12-7-3-1-4-8-12)16(17(20)18-15)23(21,22)13-9-5-2-6-10-13/h1-10,14,16H,11H2,(H,18,19,20)/t14-,16+/m1/s1. The second-order valence-corrected chi connectivity index (χ2v) is 7.48. The van der Waals surface area contributed by atoms with E-state index in [1.54, 1.807) is 48.5 Å². The minimum absolute atomic E-state index is 0.0352. The van der Waals surface area contributed by atoms with Gasteiger partial charge in [-0.2, -0.15) is 0 Å². The third kappa shape index (κ3) is 2.90. The summed E-state index contributed by atoms with van der Waals surface area (Å²) in [6, 6.07) is 16.6. The Balaban J connectivity index is 2.10. The molecule has 118 valence electrons. The minimum atomic E-state index is -3.90. The van der Waals surface area contributed by atoms with Crippen molar-refractivity contribution in [1.82, 2.24) is 5.32 Å². The molecule has 1 aliphatic heterocycles. The van der Waals surface area contributed by atoms with Gasteiger partial charge in [-0.1, -0.05) is 48.5 Å². The maximum atomic E-state index is 12.9. The molecule has 0 radical (unpaired) electrons. The van der Waals surface area contributed by atoms with Crippen LogP contribution < -0.4 is 5.32 Å². The summed E-state index contributed by atoms with van der Waals surface area (Å²) >= 11 is 0. The maximum absolute atomic E-state index is 12.9. The van der Waals surface area contributed by atoms with E-state index in [9.17, 15) is 18.0 Å². The highest BCUT2D eigenvalue weighted by atomic mass is 32.2. The molecular weight excluding hydrogens is 314 g/mol. The summed E-state index contributed by atoms with van der Waals surface area (Å²) in [5, 5.41) is 0.833. The van der Waals surface area contributed by atoms with Gasteiger partial charge in [-0.05, 0) is 17.7 Å². The highest BCUT2D eigenvalue weighted by Crippen LogP contribution is 2.34. The normalized spacial score (nSPS) is 21.7. The van der Waals surface area contributed by atoms with E-state index < -0.39 is 32.8 Å². The molecule has 0 aromatic heterocycles. The van der Waals surface area contributed by atoms with Crippen LogP contribution in [0, 0.1) is 0 Å². The highest BCUT2D eigenvalue weighted by Gasteiger charge is 2.45. The van der Waals surface area contributed by atoms with Crippen LogP contribution in [0.1, 0.15) is 17.9 Å². The molecule has 3 rings (SSSR count). The Kier molecular flexibility index (Phi) is 4.00. The first-order valence-electron chi connectivity index (χ1n) is 7.18. The van der Waals surface area contributed by atoms with Crippen LogP contribution in [-0.2, 0) is 19.4 Å². The van der Waals surface area contributed by atoms with E-state index in [-0.39, 0.29) is 11.3 Å². The van der Waals surface area contributed by atoms with Gasteiger partial charge in [0.05, 0.1) is 4.90 Å². The molecule has 0 spiro atoms. The van der Waals surface area contributed by atoms with Gasteiger partial charge in [-0.15, -0.1) is 0 Å². The largest absolute Gasteiger partial charge is 0.295 e. The Labute approximate surface area is 134 Å². The molecule has 1 heterocycles. The summed E-state index contributed by atoms with van der Waals surface area (Å²) in [6.07, 6.45) is -0.0352. The smallest absolute Gasteiger partial charge is 0.245 e. The van der Waals surface area contributed by atoms with Gasteiger partial charge in [0.25, 0.3) is 0 Å². The van der Waals surface area contributed by atoms with Gasteiger partial charge in [-0.25, -0.2) is 8.42 Å². The van der Waals surface area contributed by atoms with Crippen LogP contribution in [0.25, 0.3) is 0 Å². The molecule has 2 amide bonds. The number of sulfone groups is 1. The fourth-order valence-electron chi connectivity index (χ4n) is 2.86. The lowest BCUT2D eigenvalue weighted by molar-refractivity contribution is -0.133. The van der Waals surface area contributed by atoms with Crippen molar-refractivity contribution >= 4 is 21.7 Å². The van der Waals surface area contributed by atoms with Crippen molar-refractivity contribution in [3.63, 3.8) is 0 Å². The number of imide groups is 1. The van der Waals surface area contributed by atoms with Crippen LogP contribution >= 0.6 is 0 Å². The van der Waals surface area contributed by atoms with E-state index in [2.05, 4.69) is 5.32 Å². The van der Waals surface area contributed by atoms with Gasteiger partial charge < -0.3 is 0 Å². The lowest BCUT2D eigenvalue weighted by Gasteiger charge is -2.30. The van der Waals surface area contributed by atoms with E-state index in [4.69, 9.17) is 0 Å². The van der Waals surface area contributed by atoms with Gasteiger partial charge in [0, 0.05) is 12.3 Å². The summed E-state index contributed by atoms with van der Waals surface area (Å²) in [5.74, 6) is -1.91. The lowest BCUT2D eigenvalue weighted by atomic mass is 9.89. The number of nitrogens with one attached hydrogen (secondary N) is 1. The second-order valence-electron chi connectivity index (χ2n) is 5.41. The first-order chi connectivity index (χ1) is 11.0. The number of rotatable bonds is 3. The molecule has 1 aliphatic rings. The third-order valence-corrected chi connectivity index (χ3v) is 6.07. The molecule has 0 aliphatic carbocycles. The number of piperidine rings is 1. The summed E-state index contributed by atoms with van der Waals surface area (Å²) in [6.45, 7) is 0. The molecule has 1 N–H and O–H groups in total. The van der Waals surface area contributed by atoms with Gasteiger partial charge >= 0.3 is 0 Å². The van der Waals surface area contributed by atoms with Crippen LogP contribution in [0.5, 0.6) is 0 Å². The van der Waals surface area contributed by atoms with Crippen molar-refractivity contribution in [3.8, 4) is 0 Å². The Bertz CT molecular complexity index is 831. The lowest BCUT2D eigenvalue weighted by Crippen LogP contribution is -2.51. The minimum Gasteiger partial charge on any atom is -0.295 e. The van der Waals surface area contributed by atoms with Crippen LogP contribution in [0.4, 0.5) is 0 Å². The van der Waals surface area contributed by atoms with E-state index in [0.717, 1.165) is 0 Å². The van der Waals surface area contributed by atoms with Crippen molar-refractivity contribution in [3.05, 3.63) is 66.2 Å². The molecule has 0 unspecified atom stereocenters. The van der Waals surface area contributed by atoms with E-state index in [1.165, 1.54) is 12.1 Å². The zero-order valence-electron chi connectivity index (χ0n) is 12.2. The van der Waals surface area contributed by atoms with Crippen molar-refractivity contribution in [2.75, 3.05) is 0 Å². The average Bonchev–Trinajstić information content (AvgIpc) is 2.55. The third-order valence-electron chi connectivity index (χ3n) is 3.93. The molecule has 0 bridgehead atoms. The van der Waals surface area contributed by atoms with E-state index in [0.29, 0.717) is 5.56 Å². The summed E-state index contributed by atoms with van der Waals surface area (Å²) < 4.78 is 25.8. The fraction of sp³-hybridized carbons (Fsp3) is 0.176. The molecule has 2 aromatic carbocycles. The van der Waals surface area contributed by atoms with E-state index in [1.807, 2.05) is 0 Å². The summed E-state index contributed by atoms with van der Waals surface area (Å²) in [7, 11) is -3.90. The number of carbonyl (C=O) groups is 2. The van der Waals surface area contributed by atoms with Gasteiger partial charge in [0.15, 0.2) is 15.1 Å². The van der Waals surface area contributed by atoms with Crippen molar-refractivity contribution < 1.29 is 18.0 Å². The molecule has 0 saturated carbocycles. The Morgan fingerprint density at radius 1 is 0.870 bits per heavy atom. The number of amides is 2. The molecular formula is C17H15NO4S. The predicted molar refractivity (Wildman–Crippen MR) is 84.4 cm³/mol. The molecule has 1 fully saturated rings. The SMILES string of the molecule is O=C1C[C@H](c2ccccc2)[C@H](S(=O)(=O)c2ccccc2)C(=O)N1. The van der Waals surface area contributed by atoms with Crippen LogP contribution in [0.3, 0.4) is 0 Å². The topological polar surface area (TPSA) is 80.3 Å². The first kappa shape index (κ1) is 15.4. The van der Waals surface area contributed by atoms with Gasteiger partial charge in [0.2, 0.25) is 11.8 Å². The number of hydrogen-bond donors (Lipinski definition) is 1. The van der Waals surface area contributed by atoms with Crippen LogP contribution in [-0.4, -0.2) is 25.5 Å². The number of carbonyl (C=O) groups excluding carboxylic acids is 2. The predicted octanol–water partition coefficient (Wildman–Crippen LogP) is 1.66. The molecule has 2 aromatic rings. The molecule has 2 atom stereocenters. The van der Waals surface area contributed by atoms with Crippen molar-refractivity contribution in [1.29, 1.82) is 0 Å². The maximum Gasteiger partial charge on any atom is 0.245 e.